The van der Waals surface area contributed by atoms with Gasteiger partial charge in [-0.05, 0) is 76.0 Å². The lowest BCUT2D eigenvalue weighted by Gasteiger charge is -2.26. The van der Waals surface area contributed by atoms with Gasteiger partial charge in [0.2, 0.25) is 0 Å². The van der Waals surface area contributed by atoms with Crippen molar-refractivity contribution in [2.24, 2.45) is 0 Å². The van der Waals surface area contributed by atoms with Gasteiger partial charge in [-0.15, -0.1) is 0 Å². The van der Waals surface area contributed by atoms with Crippen molar-refractivity contribution in [1.82, 2.24) is 0 Å². The van der Waals surface area contributed by atoms with Crippen LogP contribution < -0.4 is 4.90 Å². The Bertz CT molecular complexity index is 2810. The van der Waals surface area contributed by atoms with Crippen molar-refractivity contribution in [3.05, 3.63) is 176 Å². The summed E-state index contributed by atoms with van der Waals surface area (Å²) < 4.78 is 13.4. The van der Waals surface area contributed by atoms with Crippen molar-refractivity contribution in [3.8, 4) is 22.3 Å². The first-order valence-electron chi connectivity index (χ1n) is 16.6. The Labute approximate surface area is 282 Å². The van der Waals surface area contributed by atoms with Gasteiger partial charge in [-0.3, -0.25) is 0 Å². The molecule has 0 bridgehead atoms. The Morgan fingerprint density at radius 3 is 1.80 bits per heavy atom. The zero-order valence-corrected chi connectivity index (χ0v) is 26.5. The number of hydrogen-bond acceptors (Lipinski definition) is 3. The fraction of sp³-hybridized carbons (Fsp3) is 0. The van der Waals surface area contributed by atoms with E-state index < -0.39 is 0 Å². The van der Waals surface area contributed by atoms with Crippen LogP contribution in [0.15, 0.2) is 185 Å². The van der Waals surface area contributed by atoms with E-state index in [1.165, 1.54) is 21.9 Å². The molecule has 0 saturated heterocycles. The smallest absolute Gasteiger partial charge is 0.144 e. The molecule has 49 heavy (non-hydrogen) atoms. The molecule has 8 aromatic carbocycles. The highest BCUT2D eigenvalue weighted by Crippen LogP contribution is 2.46. The molecule has 0 unspecified atom stereocenters. The summed E-state index contributed by atoms with van der Waals surface area (Å²) in [6.07, 6.45) is 0. The minimum Gasteiger partial charge on any atom is -0.456 e. The predicted molar refractivity (Wildman–Crippen MR) is 204 cm³/mol. The summed E-state index contributed by atoms with van der Waals surface area (Å²) in [5.74, 6) is 0. The minimum absolute atomic E-state index is 0.827. The van der Waals surface area contributed by atoms with Crippen LogP contribution in [0.4, 0.5) is 17.1 Å². The highest BCUT2D eigenvalue weighted by Gasteiger charge is 2.22. The molecule has 10 aromatic rings. The molecule has 0 aliphatic carbocycles. The molecular weight excluding hydrogens is 599 g/mol. The van der Waals surface area contributed by atoms with E-state index in [0.29, 0.717) is 0 Å². The summed E-state index contributed by atoms with van der Waals surface area (Å²) in [6.45, 7) is 0. The lowest BCUT2D eigenvalue weighted by Crippen LogP contribution is -2.09. The van der Waals surface area contributed by atoms with Gasteiger partial charge in [-0.25, -0.2) is 0 Å². The van der Waals surface area contributed by atoms with Crippen molar-refractivity contribution in [2.75, 3.05) is 4.90 Å². The molecule has 0 N–H and O–H groups in total. The van der Waals surface area contributed by atoms with Gasteiger partial charge in [0.05, 0.1) is 0 Å². The zero-order valence-electron chi connectivity index (χ0n) is 26.5. The van der Waals surface area contributed by atoms with Gasteiger partial charge in [0.25, 0.3) is 0 Å². The average Bonchev–Trinajstić information content (AvgIpc) is 3.72. The summed E-state index contributed by atoms with van der Waals surface area (Å²) >= 11 is 0. The van der Waals surface area contributed by atoms with E-state index in [-0.39, 0.29) is 0 Å². The molecule has 10 rings (SSSR count). The van der Waals surface area contributed by atoms with Gasteiger partial charge in [-0.1, -0.05) is 121 Å². The van der Waals surface area contributed by atoms with E-state index in [1.54, 1.807) is 0 Å². The SMILES string of the molecule is c1ccc(-c2ccc(N(c3ccc4ccccc4c3)c3ccc4c(c3)oc3c(-c5ccccc5)c5c(cc34)oc3ccccc35)cc2)cc1. The number of fused-ring (bicyclic) bond motifs is 7. The molecular formula is C46H29NO2. The molecule has 0 radical (unpaired) electrons. The van der Waals surface area contributed by atoms with Gasteiger partial charge in [0.15, 0.2) is 0 Å². The lowest BCUT2D eigenvalue weighted by atomic mass is 9.96. The van der Waals surface area contributed by atoms with Gasteiger partial charge in [0, 0.05) is 50.2 Å². The molecule has 0 atom stereocenters. The Morgan fingerprint density at radius 2 is 0.980 bits per heavy atom. The molecule has 0 aliphatic heterocycles. The van der Waals surface area contributed by atoms with E-state index in [2.05, 4.69) is 163 Å². The average molecular weight is 628 g/mol. The number of furan rings is 2. The molecule has 0 spiro atoms. The molecule has 0 amide bonds. The van der Waals surface area contributed by atoms with E-state index in [9.17, 15) is 0 Å². The van der Waals surface area contributed by atoms with Crippen LogP contribution in [0.5, 0.6) is 0 Å². The molecule has 230 valence electrons. The quantitative estimate of drug-likeness (QED) is 0.190. The summed E-state index contributed by atoms with van der Waals surface area (Å²) in [7, 11) is 0. The van der Waals surface area contributed by atoms with Gasteiger partial charge < -0.3 is 13.7 Å². The molecule has 0 fully saturated rings. The first kappa shape index (κ1) is 27.5. The Hall–Kier alpha value is -6.58. The minimum atomic E-state index is 0.827. The summed E-state index contributed by atoms with van der Waals surface area (Å²) in [5, 5.41) is 6.65. The summed E-state index contributed by atoms with van der Waals surface area (Å²) in [4.78, 5) is 2.31. The number of rotatable bonds is 5. The maximum atomic E-state index is 6.91. The van der Waals surface area contributed by atoms with Crippen molar-refractivity contribution < 1.29 is 8.83 Å². The number of anilines is 3. The normalized spacial score (nSPS) is 11.7. The Morgan fingerprint density at radius 1 is 0.347 bits per heavy atom. The Balaban J connectivity index is 1.19. The maximum Gasteiger partial charge on any atom is 0.144 e. The van der Waals surface area contributed by atoms with Gasteiger partial charge >= 0.3 is 0 Å². The topological polar surface area (TPSA) is 29.5 Å². The van der Waals surface area contributed by atoms with Crippen LogP contribution in [0.25, 0.3) is 76.9 Å². The monoisotopic (exact) mass is 627 g/mol. The fourth-order valence-electron chi connectivity index (χ4n) is 7.32. The van der Waals surface area contributed by atoms with E-state index in [4.69, 9.17) is 8.83 Å². The van der Waals surface area contributed by atoms with Gasteiger partial charge in [0.1, 0.15) is 22.3 Å². The number of hydrogen-bond donors (Lipinski definition) is 0. The van der Waals surface area contributed by atoms with Crippen LogP contribution in [0.1, 0.15) is 0 Å². The molecule has 0 aliphatic rings. The third-order valence-corrected chi connectivity index (χ3v) is 9.63. The van der Waals surface area contributed by atoms with Crippen LogP contribution in [0.3, 0.4) is 0 Å². The molecule has 2 heterocycles. The van der Waals surface area contributed by atoms with Crippen molar-refractivity contribution in [2.45, 2.75) is 0 Å². The number of benzene rings is 8. The first-order valence-corrected chi connectivity index (χ1v) is 16.6. The van der Waals surface area contributed by atoms with Crippen molar-refractivity contribution in [1.29, 1.82) is 0 Å². The summed E-state index contributed by atoms with van der Waals surface area (Å²) in [6, 6.07) is 61.9. The molecule has 2 aromatic heterocycles. The van der Waals surface area contributed by atoms with E-state index in [0.717, 1.165) is 72.1 Å². The van der Waals surface area contributed by atoms with Crippen LogP contribution in [-0.4, -0.2) is 0 Å². The van der Waals surface area contributed by atoms with E-state index in [1.807, 2.05) is 18.2 Å². The maximum absolute atomic E-state index is 6.91. The number of nitrogens with zero attached hydrogens (tertiary/aromatic N) is 1. The largest absolute Gasteiger partial charge is 0.456 e. The molecule has 3 nitrogen and oxygen atoms in total. The van der Waals surface area contributed by atoms with Crippen molar-refractivity contribution >= 4 is 71.7 Å². The standard InChI is InChI=1S/C46H29NO2/c1-3-11-30(12-4-1)32-19-22-35(23-20-32)47(36-24-21-31-13-7-8-16-34(31)27-36)37-25-26-38-40-29-43-45(39-17-9-10-18-41(39)48-43)44(33-14-5-2-6-15-33)46(40)49-42(38)28-37/h1-29H. The number of para-hydroxylation sites is 1. The van der Waals surface area contributed by atoms with Crippen LogP contribution in [0.2, 0.25) is 0 Å². The van der Waals surface area contributed by atoms with Crippen LogP contribution >= 0.6 is 0 Å². The van der Waals surface area contributed by atoms with Gasteiger partial charge in [-0.2, -0.15) is 0 Å². The molecule has 3 heteroatoms. The second-order valence-corrected chi connectivity index (χ2v) is 12.5. The predicted octanol–water partition coefficient (Wildman–Crippen LogP) is 13.4. The summed E-state index contributed by atoms with van der Waals surface area (Å²) in [5.41, 5.74) is 11.1. The fourth-order valence-corrected chi connectivity index (χ4v) is 7.32. The second-order valence-electron chi connectivity index (χ2n) is 12.5. The lowest BCUT2D eigenvalue weighted by molar-refractivity contribution is 0.664. The molecule has 0 saturated carbocycles. The Kier molecular flexibility index (Phi) is 6.18. The van der Waals surface area contributed by atoms with Crippen molar-refractivity contribution in [3.63, 3.8) is 0 Å². The van der Waals surface area contributed by atoms with E-state index >= 15 is 0 Å². The zero-order chi connectivity index (χ0) is 32.3. The third-order valence-electron chi connectivity index (χ3n) is 9.63. The third kappa shape index (κ3) is 4.51. The first-order chi connectivity index (χ1) is 24.3. The highest BCUT2D eigenvalue weighted by molar-refractivity contribution is 6.23. The van der Waals surface area contributed by atoms with Crippen LogP contribution in [0, 0.1) is 0 Å². The second kappa shape index (κ2) is 11.0. The highest BCUT2D eigenvalue weighted by atomic mass is 16.3. The van der Waals surface area contributed by atoms with Crippen LogP contribution in [-0.2, 0) is 0 Å².